The van der Waals surface area contributed by atoms with Crippen LogP contribution in [0.15, 0.2) is 48.8 Å². The standard InChI is InChI=1S/C26H31N3O5/c1-19-6-3-4-8-22(19)26(17-24(31)29(25(26)32)14-15-33-2)16-23(30)28-12-9-20(10-13-28)34-21-7-5-11-27-18-21/h3-8,11,18,20H,9-10,12-17H2,1-2H3. The number of piperidine rings is 1. The van der Waals surface area contributed by atoms with Gasteiger partial charge in [0.1, 0.15) is 11.9 Å². The minimum atomic E-state index is -1.18. The predicted molar refractivity (Wildman–Crippen MR) is 125 cm³/mol. The van der Waals surface area contributed by atoms with Crippen molar-refractivity contribution in [3.05, 3.63) is 59.9 Å². The fourth-order valence-corrected chi connectivity index (χ4v) is 4.97. The molecule has 4 rings (SSSR count). The van der Waals surface area contributed by atoms with Gasteiger partial charge in [0.25, 0.3) is 0 Å². The minimum absolute atomic E-state index is 0.00722. The van der Waals surface area contributed by atoms with Crippen molar-refractivity contribution in [1.29, 1.82) is 0 Å². The van der Waals surface area contributed by atoms with E-state index in [-0.39, 0.29) is 49.8 Å². The van der Waals surface area contributed by atoms with Crippen LogP contribution in [0, 0.1) is 6.92 Å². The number of nitrogens with zero attached hydrogens (tertiary/aromatic N) is 3. The summed E-state index contributed by atoms with van der Waals surface area (Å²) in [4.78, 5) is 47.1. The van der Waals surface area contributed by atoms with Crippen LogP contribution in [0.1, 0.15) is 36.8 Å². The molecule has 2 saturated heterocycles. The molecule has 2 aromatic rings. The molecule has 1 atom stereocenters. The van der Waals surface area contributed by atoms with E-state index in [1.807, 2.05) is 43.3 Å². The molecular formula is C26H31N3O5. The number of benzene rings is 1. The summed E-state index contributed by atoms with van der Waals surface area (Å²) in [5.74, 6) is 0.0310. The Morgan fingerprint density at radius 3 is 2.59 bits per heavy atom. The molecule has 0 saturated carbocycles. The van der Waals surface area contributed by atoms with Gasteiger partial charge in [-0.15, -0.1) is 0 Å². The number of hydrogen-bond acceptors (Lipinski definition) is 6. The Bertz CT molecular complexity index is 1040. The highest BCUT2D eigenvalue weighted by Gasteiger charge is 2.54. The second-order valence-electron chi connectivity index (χ2n) is 8.98. The lowest BCUT2D eigenvalue weighted by Crippen LogP contribution is -2.47. The molecule has 0 radical (unpaired) electrons. The van der Waals surface area contributed by atoms with Gasteiger partial charge in [0.05, 0.1) is 24.8 Å². The Kier molecular flexibility index (Phi) is 7.26. The van der Waals surface area contributed by atoms with Crippen molar-refractivity contribution in [2.45, 2.75) is 44.1 Å². The van der Waals surface area contributed by atoms with Gasteiger partial charge < -0.3 is 14.4 Å². The van der Waals surface area contributed by atoms with Gasteiger partial charge in [-0.05, 0) is 30.2 Å². The number of amides is 3. The van der Waals surface area contributed by atoms with Gasteiger partial charge in [-0.3, -0.25) is 24.3 Å². The maximum Gasteiger partial charge on any atom is 0.240 e. The zero-order chi connectivity index (χ0) is 24.1. The Hall–Kier alpha value is -3.26. The molecule has 1 aromatic heterocycles. The number of hydrogen-bond donors (Lipinski definition) is 0. The second kappa shape index (κ2) is 10.3. The Morgan fingerprint density at radius 1 is 1.15 bits per heavy atom. The van der Waals surface area contributed by atoms with Gasteiger partial charge >= 0.3 is 0 Å². The van der Waals surface area contributed by atoms with Crippen molar-refractivity contribution in [2.24, 2.45) is 0 Å². The number of aromatic nitrogens is 1. The van der Waals surface area contributed by atoms with Gasteiger partial charge in [-0.25, -0.2) is 0 Å². The van der Waals surface area contributed by atoms with Crippen molar-refractivity contribution >= 4 is 17.7 Å². The average Bonchev–Trinajstić information content (AvgIpc) is 3.08. The fraction of sp³-hybridized carbons (Fsp3) is 0.462. The normalized spacial score (nSPS) is 21.2. The summed E-state index contributed by atoms with van der Waals surface area (Å²) in [7, 11) is 1.53. The number of methoxy groups -OCH3 is 1. The van der Waals surface area contributed by atoms with E-state index >= 15 is 0 Å². The first-order chi connectivity index (χ1) is 16.4. The zero-order valence-corrected chi connectivity index (χ0v) is 19.7. The molecule has 0 spiro atoms. The lowest BCUT2D eigenvalue weighted by atomic mass is 9.73. The van der Waals surface area contributed by atoms with Crippen molar-refractivity contribution in [3.8, 4) is 5.75 Å². The number of imide groups is 1. The number of likely N-dealkylation sites (tertiary alicyclic amines) is 2. The molecule has 34 heavy (non-hydrogen) atoms. The van der Waals surface area contributed by atoms with E-state index in [0.717, 1.165) is 16.9 Å². The molecule has 0 bridgehead atoms. The quantitative estimate of drug-likeness (QED) is 0.557. The molecule has 3 heterocycles. The molecule has 2 aliphatic heterocycles. The van der Waals surface area contributed by atoms with Crippen LogP contribution < -0.4 is 4.74 Å². The number of carbonyl (C=O) groups is 3. The topological polar surface area (TPSA) is 89.0 Å². The van der Waals surface area contributed by atoms with Crippen molar-refractivity contribution in [3.63, 3.8) is 0 Å². The first-order valence-corrected chi connectivity index (χ1v) is 11.7. The van der Waals surface area contributed by atoms with Gasteiger partial charge in [0.15, 0.2) is 0 Å². The number of rotatable bonds is 8. The summed E-state index contributed by atoms with van der Waals surface area (Å²) in [6.45, 7) is 3.46. The van der Waals surface area contributed by atoms with Crippen LogP contribution in [0.5, 0.6) is 5.75 Å². The van der Waals surface area contributed by atoms with E-state index in [1.54, 1.807) is 17.3 Å². The summed E-state index contributed by atoms with van der Waals surface area (Å²) in [5, 5.41) is 0. The van der Waals surface area contributed by atoms with Gasteiger partial charge in [-0.1, -0.05) is 24.3 Å². The summed E-state index contributed by atoms with van der Waals surface area (Å²) in [6, 6.07) is 11.2. The number of ether oxygens (including phenoxy) is 2. The van der Waals surface area contributed by atoms with Gasteiger partial charge in [0.2, 0.25) is 17.7 Å². The summed E-state index contributed by atoms with van der Waals surface area (Å²) in [6.07, 6.45) is 4.76. The fourth-order valence-electron chi connectivity index (χ4n) is 4.97. The number of carbonyl (C=O) groups excluding carboxylic acids is 3. The third-order valence-corrected chi connectivity index (χ3v) is 6.77. The van der Waals surface area contributed by atoms with Crippen molar-refractivity contribution < 1.29 is 23.9 Å². The molecule has 180 valence electrons. The summed E-state index contributed by atoms with van der Waals surface area (Å²) < 4.78 is 11.1. The highest BCUT2D eigenvalue weighted by molar-refractivity contribution is 6.11. The van der Waals surface area contributed by atoms with E-state index in [4.69, 9.17) is 9.47 Å². The highest BCUT2D eigenvalue weighted by Crippen LogP contribution is 2.42. The SMILES string of the molecule is COCCN1C(=O)CC(CC(=O)N2CCC(Oc3cccnc3)CC2)(c2ccccc2C)C1=O. The van der Waals surface area contributed by atoms with Crippen molar-refractivity contribution in [2.75, 3.05) is 33.4 Å². The van der Waals surface area contributed by atoms with E-state index in [0.29, 0.717) is 25.9 Å². The van der Waals surface area contributed by atoms with Crippen LogP contribution in [0.2, 0.25) is 0 Å². The van der Waals surface area contributed by atoms with Crippen LogP contribution in [0.25, 0.3) is 0 Å². The zero-order valence-electron chi connectivity index (χ0n) is 19.7. The number of pyridine rings is 1. The molecule has 2 aliphatic rings. The monoisotopic (exact) mass is 465 g/mol. The van der Waals surface area contributed by atoms with Crippen LogP contribution in [0.4, 0.5) is 0 Å². The maximum atomic E-state index is 13.6. The average molecular weight is 466 g/mol. The van der Waals surface area contributed by atoms with Crippen LogP contribution in [-0.4, -0.2) is 72.0 Å². The number of aryl methyl sites for hydroxylation is 1. The third-order valence-electron chi connectivity index (χ3n) is 6.77. The molecule has 1 unspecified atom stereocenters. The maximum absolute atomic E-state index is 13.6. The molecule has 0 N–H and O–H groups in total. The van der Waals surface area contributed by atoms with Gasteiger partial charge in [0, 0.05) is 52.1 Å². The summed E-state index contributed by atoms with van der Waals surface area (Å²) in [5.41, 5.74) is 0.459. The van der Waals surface area contributed by atoms with E-state index in [2.05, 4.69) is 4.98 Å². The second-order valence-corrected chi connectivity index (χ2v) is 8.98. The molecule has 8 nitrogen and oxygen atoms in total. The molecule has 2 fully saturated rings. The first-order valence-electron chi connectivity index (χ1n) is 11.7. The lowest BCUT2D eigenvalue weighted by Gasteiger charge is -2.35. The Balaban J connectivity index is 1.49. The van der Waals surface area contributed by atoms with Crippen LogP contribution in [-0.2, 0) is 24.5 Å². The van der Waals surface area contributed by atoms with E-state index in [9.17, 15) is 14.4 Å². The smallest absolute Gasteiger partial charge is 0.240 e. The third kappa shape index (κ3) is 4.82. The Labute approximate surface area is 199 Å². The largest absolute Gasteiger partial charge is 0.489 e. The minimum Gasteiger partial charge on any atom is -0.489 e. The lowest BCUT2D eigenvalue weighted by molar-refractivity contribution is -0.143. The molecule has 1 aromatic carbocycles. The van der Waals surface area contributed by atoms with E-state index < -0.39 is 5.41 Å². The van der Waals surface area contributed by atoms with Gasteiger partial charge in [-0.2, -0.15) is 0 Å². The van der Waals surface area contributed by atoms with E-state index in [1.165, 1.54) is 12.0 Å². The van der Waals surface area contributed by atoms with Crippen LogP contribution >= 0.6 is 0 Å². The molecular weight excluding hydrogens is 434 g/mol. The Morgan fingerprint density at radius 2 is 1.91 bits per heavy atom. The molecule has 0 aliphatic carbocycles. The molecule has 8 heteroatoms. The summed E-state index contributed by atoms with van der Waals surface area (Å²) >= 11 is 0. The van der Waals surface area contributed by atoms with Crippen molar-refractivity contribution in [1.82, 2.24) is 14.8 Å². The first kappa shape index (κ1) is 23.9. The highest BCUT2D eigenvalue weighted by atomic mass is 16.5. The van der Waals surface area contributed by atoms with Crippen LogP contribution in [0.3, 0.4) is 0 Å². The predicted octanol–water partition coefficient (Wildman–Crippen LogP) is 2.49. The molecule has 3 amide bonds.